The van der Waals surface area contributed by atoms with Crippen LogP contribution >= 0.6 is 0 Å². The molecule has 0 saturated carbocycles. The first kappa shape index (κ1) is 23.1. The average molecular weight is 469 g/mol. The highest BCUT2D eigenvalue weighted by Crippen LogP contribution is 2.22. The van der Waals surface area contributed by atoms with Crippen molar-refractivity contribution in [1.82, 2.24) is 24.5 Å². The lowest BCUT2D eigenvalue weighted by Crippen LogP contribution is -2.35. The van der Waals surface area contributed by atoms with Crippen molar-refractivity contribution in [3.63, 3.8) is 0 Å². The van der Waals surface area contributed by atoms with E-state index in [1.165, 1.54) is 0 Å². The van der Waals surface area contributed by atoms with Crippen LogP contribution in [0, 0.1) is 13.8 Å². The van der Waals surface area contributed by atoms with Gasteiger partial charge in [0.05, 0.1) is 10.6 Å². The fraction of sp³-hybridized carbons (Fsp3) is 0.391. The highest BCUT2D eigenvalue weighted by atomic mass is 32.2. The lowest BCUT2D eigenvalue weighted by molar-refractivity contribution is -0.116. The van der Waals surface area contributed by atoms with Crippen LogP contribution in [0.25, 0.3) is 5.69 Å². The minimum atomic E-state index is -3.44. The Hall–Kier alpha value is -3.11. The molecule has 2 aromatic carbocycles. The van der Waals surface area contributed by atoms with E-state index in [2.05, 4.69) is 20.8 Å². The standard InChI is InChI=1S/C23H28N6O3S/c1-17-6-10-20(16-22(17)29-18(2)25-26-27-29)24-23(30)13-9-19-7-11-21(12-8-19)33(31,32)28-14-4-3-5-15-28/h6-8,10-12,16H,3-5,9,13-15H2,1-2H3,(H,24,30). The molecule has 0 bridgehead atoms. The molecule has 1 aliphatic rings. The summed E-state index contributed by atoms with van der Waals surface area (Å²) in [5.41, 5.74) is 3.37. The van der Waals surface area contributed by atoms with Gasteiger partial charge in [-0.3, -0.25) is 4.79 Å². The molecular weight excluding hydrogens is 440 g/mol. The van der Waals surface area contributed by atoms with Crippen LogP contribution in [0.15, 0.2) is 47.4 Å². The Morgan fingerprint density at radius 3 is 2.42 bits per heavy atom. The van der Waals surface area contributed by atoms with Crippen LogP contribution in [-0.2, 0) is 21.2 Å². The van der Waals surface area contributed by atoms with Crippen molar-refractivity contribution < 1.29 is 13.2 Å². The van der Waals surface area contributed by atoms with E-state index in [9.17, 15) is 13.2 Å². The predicted molar refractivity (Wildman–Crippen MR) is 125 cm³/mol. The first-order valence-corrected chi connectivity index (χ1v) is 12.5. The van der Waals surface area contributed by atoms with Gasteiger partial charge in [0.1, 0.15) is 0 Å². The van der Waals surface area contributed by atoms with E-state index >= 15 is 0 Å². The molecule has 0 unspecified atom stereocenters. The van der Waals surface area contributed by atoms with Crippen LogP contribution < -0.4 is 5.32 Å². The predicted octanol–water partition coefficient (Wildman–Crippen LogP) is 3.03. The number of nitrogens with one attached hydrogen (secondary N) is 1. The fourth-order valence-electron chi connectivity index (χ4n) is 3.93. The van der Waals surface area contributed by atoms with Crippen molar-refractivity contribution in [3.8, 4) is 5.69 Å². The minimum Gasteiger partial charge on any atom is -0.326 e. The summed E-state index contributed by atoms with van der Waals surface area (Å²) in [5, 5.41) is 14.5. The van der Waals surface area contributed by atoms with Gasteiger partial charge in [0.2, 0.25) is 15.9 Å². The van der Waals surface area contributed by atoms with Crippen molar-refractivity contribution in [2.75, 3.05) is 18.4 Å². The quantitative estimate of drug-likeness (QED) is 0.571. The van der Waals surface area contributed by atoms with Crippen molar-refractivity contribution >= 4 is 21.6 Å². The molecule has 1 saturated heterocycles. The Morgan fingerprint density at radius 2 is 1.76 bits per heavy atom. The molecule has 0 spiro atoms. The molecule has 1 fully saturated rings. The van der Waals surface area contributed by atoms with Gasteiger partial charge in [-0.05, 0) is 78.9 Å². The van der Waals surface area contributed by atoms with E-state index in [4.69, 9.17) is 0 Å². The lowest BCUT2D eigenvalue weighted by Gasteiger charge is -2.25. The molecule has 0 atom stereocenters. The van der Waals surface area contributed by atoms with Gasteiger partial charge in [-0.1, -0.05) is 24.6 Å². The third-order valence-corrected chi connectivity index (χ3v) is 7.78. The molecule has 1 aliphatic heterocycles. The highest BCUT2D eigenvalue weighted by molar-refractivity contribution is 7.89. The summed E-state index contributed by atoms with van der Waals surface area (Å²) >= 11 is 0. The van der Waals surface area contributed by atoms with Crippen LogP contribution in [0.3, 0.4) is 0 Å². The van der Waals surface area contributed by atoms with E-state index in [0.717, 1.165) is 36.1 Å². The topological polar surface area (TPSA) is 110 Å². The van der Waals surface area contributed by atoms with Crippen LogP contribution in [-0.4, -0.2) is 51.9 Å². The maximum atomic E-state index is 12.8. The van der Waals surface area contributed by atoms with Crippen LogP contribution in [0.2, 0.25) is 0 Å². The Balaban J connectivity index is 1.36. The maximum Gasteiger partial charge on any atom is 0.243 e. The van der Waals surface area contributed by atoms with Crippen molar-refractivity contribution in [2.45, 2.75) is 50.8 Å². The summed E-state index contributed by atoms with van der Waals surface area (Å²) in [6.45, 7) is 4.93. The van der Waals surface area contributed by atoms with Gasteiger partial charge in [-0.15, -0.1) is 5.10 Å². The number of anilines is 1. The van der Waals surface area contributed by atoms with Crippen molar-refractivity contribution in [3.05, 3.63) is 59.4 Å². The van der Waals surface area contributed by atoms with Crippen LogP contribution in [0.5, 0.6) is 0 Å². The number of benzene rings is 2. The smallest absolute Gasteiger partial charge is 0.243 e. The average Bonchev–Trinajstić information content (AvgIpc) is 3.25. The molecule has 174 valence electrons. The molecule has 4 rings (SSSR count). The monoisotopic (exact) mass is 468 g/mol. The molecular formula is C23H28N6O3S. The summed E-state index contributed by atoms with van der Waals surface area (Å²) in [7, 11) is -3.44. The SMILES string of the molecule is Cc1ccc(NC(=O)CCc2ccc(S(=O)(=O)N3CCCCC3)cc2)cc1-n1nnnc1C. The van der Waals surface area contributed by atoms with Crippen molar-refractivity contribution in [2.24, 2.45) is 0 Å². The second-order valence-electron chi connectivity index (χ2n) is 8.30. The molecule has 3 aromatic rings. The summed E-state index contributed by atoms with van der Waals surface area (Å²) in [4.78, 5) is 12.8. The van der Waals surface area contributed by atoms with Gasteiger partial charge in [0.25, 0.3) is 0 Å². The zero-order valence-electron chi connectivity index (χ0n) is 18.9. The molecule has 1 amide bonds. The number of aryl methyl sites for hydroxylation is 3. The highest BCUT2D eigenvalue weighted by Gasteiger charge is 2.25. The van der Waals surface area contributed by atoms with Gasteiger partial charge in [-0.25, -0.2) is 8.42 Å². The van der Waals surface area contributed by atoms with E-state index < -0.39 is 10.0 Å². The molecule has 2 heterocycles. The van der Waals surface area contributed by atoms with E-state index in [-0.39, 0.29) is 12.3 Å². The van der Waals surface area contributed by atoms with Crippen LogP contribution in [0.1, 0.15) is 42.6 Å². The summed E-state index contributed by atoms with van der Waals surface area (Å²) < 4.78 is 28.7. The molecule has 9 nitrogen and oxygen atoms in total. The van der Waals surface area contributed by atoms with Gasteiger partial charge < -0.3 is 5.32 Å². The second kappa shape index (κ2) is 9.80. The zero-order valence-corrected chi connectivity index (χ0v) is 19.7. The Bertz CT molecular complexity index is 1230. The van der Waals surface area contributed by atoms with Gasteiger partial charge in [-0.2, -0.15) is 8.99 Å². The number of piperidine rings is 1. The number of sulfonamides is 1. The molecule has 1 aromatic heterocycles. The third-order valence-electron chi connectivity index (χ3n) is 5.86. The number of rotatable bonds is 7. The number of carbonyl (C=O) groups excluding carboxylic acids is 1. The number of hydrogen-bond donors (Lipinski definition) is 1. The Morgan fingerprint density at radius 1 is 1.03 bits per heavy atom. The molecule has 1 N–H and O–H groups in total. The number of carbonyl (C=O) groups is 1. The molecule has 0 radical (unpaired) electrons. The molecule has 10 heteroatoms. The summed E-state index contributed by atoms with van der Waals surface area (Å²) in [5.74, 6) is 0.538. The fourth-order valence-corrected chi connectivity index (χ4v) is 5.45. The first-order chi connectivity index (χ1) is 15.8. The van der Waals surface area contributed by atoms with E-state index in [0.29, 0.717) is 35.9 Å². The lowest BCUT2D eigenvalue weighted by atomic mass is 10.1. The van der Waals surface area contributed by atoms with Crippen molar-refractivity contribution in [1.29, 1.82) is 0 Å². The van der Waals surface area contributed by atoms with Gasteiger partial charge >= 0.3 is 0 Å². The normalized spacial score (nSPS) is 14.8. The van der Waals surface area contributed by atoms with E-state index in [1.807, 2.05) is 32.0 Å². The number of amides is 1. The van der Waals surface area contributed by atoms with Gasteiger partial charge in [0, 0.05) is 25.2 Å². The first-order valence-electron chi connectivity index (χ1n) is 11.1. The number of aromatic nitrogens is 4. The summed E-state index contributed by atoms with van der Waals surface area (Å²) in [6.07, 6.45) is 3.69. The van der Waals surface area contributed by atoms with Crippen LogP contribution in [0.4, 0.5) is 5.69 Å². The zero-order chi connectivity index (χ0) is 23.4. The van der Waals surface area contributed by atoms with E-state index in [1.54, 1.807) is 33.3 Å². The van der Waals surface area contributed by atoms with Gasteiger partial charge in [0.15, 0.2) is 5.82 Å². The number of nitrogens with zero attached hydrogens (tertiary/aromatic N) is 5. The second-order valence-corrected chi connectivity index (χ2v) is 10.2. The maximum absolute atomic E-state index is 12.8. The Labute approximate surface area is 193 Å². The number of tetrazole rings is 1. The molecule has 33 heavy (non-hydrogen) atoms. The summed E-state index contributed by atoms with van der Waals surface area (Å²) in [6, 6.07) is 12.4. The Kier molecular flexibility index (Phi) is 6.85. The molecule has 0 aliphatic carbocycles. The largest absolute Gasteiger partial charge is 0.326 e. The minimum absolute atomic E-state index is 0.122. The number of hydrogen-bond acceptors (Lipinski definition) is 6. The third kappa shape index (κ3) is 5.28.